The molecule has 2 aromatic rings. The maximum absolute atomic E-state index is 5.57. The molecule has 0 spiro atoms. The van der Waals surface area contributed by atoms with Gasteiger partial charge in [-0.05, 0) is 6.07 Å². The molecule has 0 bridgehead atoms. The van der Waals surface area contributed by atoms with E-state index in [9.17, 15) is 0 Å². The van der Waals surface area contributed by atoms with E-state index in [0.717, 1.165) is 17.8 Å². The van der Waals surface area contributed by atoms with E-state index in [1.54, 1.807) is 10.9 Å². The van der Waals surface area contributed by atoms with Gasteiger partial charge in [0.15, 0.2) is 0 Å². The van der Waals surface area contributed by atoms with E-state index in [2.05, 4.69) is 10.2 Å². The monoisotopic (exact) mass is 191 g/mol. The Morgan fingerprint density at radius 3 is 2.93 bits per heavy atom. The molecule has 0 unspecified atom stereocenters. The van der Waals surface area contributed by atoms with Crippen molar-refractivity contribution in [2.45, 2.75) is 13.1 Å². The zero-order chi connectivity index (χ0) is 9.97. The third-order valence-corrected chi connectivity index (χ3v) is 2.10. The molecule has 5 nitrogen and oxygen atoms in total. The largest absolute Gasteiger partial charge is 0.325 e. The molecule has 0 aromatic carbocycles. The Kier molecular flexibility index (Phi) is 2.32. The van der Waals surface area contributed by atoms with E-state index >= 15 is 0 Å². The van der Waals surface area contributed by atoms with Crippen molar-refractivity contribution in [3.63, 3.8) is 0 Å². The Balaban J connectivity index is 2.18. The van der Waals surface area contributed by atoms with Gasteiger partial charge in [-0.15, -0.1) is 0 Å². The third kappa shape index (κ3) is 1.67. The van der Waals surface area contributed by atoms with Crippen LogP contribution in [0.5, 0.6) is 0 Å². The Hall–Kier alpha value is -1.62. The fourth-order valence-corrected chi connectivity index (χ4v) is 1.40. The van der Waals surface area contributed by atoms with Crippen molar-refractivity contribution < 1.29 is 0 Å². The Bertz CT molecular complexity index is 414. The first-order valence-corrected chi connectivity index (χ1v) is 4.48. The molecule has 0 radical (unpaired) electrons. The van der Waals surface area contributed by atoms with Gasteiger partial charge in [-0.1, -0.05) is 0 Å². The number of hydrogen-bond donors (Lipinski definition) is 1. The molecule has 74 valence electrons. The zero-order valence-corrected chi connectivity index (χ0v) is 8.09. The third-order valence-electron chi connectivity index (χ3n) is 2.10. The summed E-state index contributed by atoms with van der Waals surface area (Å²) in [5.74, 6) is 0. The summed E-state index contributed by atoms with van der Waals surface area (Å²) < 4.78 is 3.66. The number of nitrogens with two attached hydrogens (primary N) is 1. The molecule has 2 heterocycles. The van der Waals surface area contributed by atoms with Crippen LogP contribution in [0.2, 0.25) is 0 Å². The van der Waals surface area contributed by atoms with Crippen molar-refractivity contribution in [1.82, 2.24) is 19.6 Å². The summed E-state index contributed by atoms with van der Waals surface area (Å²) in [5.41, 5.74) is 7.74. The van der Waals surface area contributed by atoms with Gasteiger partial charge < -0.3 is 5.73 Å². The minimum atomic E-state index is 0.514. The number of hydrogen-bond acceptors (Lipinski definition) is 3. The van der Waals surface area contributed by atoms with E-state index in [-0.39, 0.29) is 0 Å². The highest BCUT2D eigenvalue weighted by Crippen LogP contribution is 2.03. The average Bonchev–Trinajstić information content (AvgIpc) is 2.76. The van der Waals surface area contributed by atoms with Crippen molar-refractivity contribution in [1.29, 1.82) is 0 Å². The van der Waals surface area contributed by atoms with Gasteiger partial charge in [0.2, 0.25) is 0 Å². The molecule has 0 saturated carbocycles. The van der Waals surface area contributed by atoms with Crippen molar-refractivity contribution in [3.8, 4) is 0 Å². The van der Waals surface area contributed by atoms with Crippen LogP contribution in [0.4, 0.5) is 0 Å². The first kappa shape index (κ1) is 8.96. The van der Waals surface area contributed by atoms with Crippen LogP contribution in [0.1, 0.15) is 11.3 Å². The van der Waals surface area contributed by atoms with Gasteiger partial charge in [0, 0.05) is 31.5 Å². The van der Waals surface area contributed by atoms with Gasteiger partial charge in [0.1, 0.15) is 0 Å². The topological polar surface area (TPSA) is 61.7 Å². The normalized spacial score (nSPS) is 10.7. The predicted octanol–water partition coefficient (Wildman–Crippen LogP) is 0.124. The summed E-state index contributed by atoms with van der Waals surface area (Å²) in [7, 11) is 1.90. The number of rotatable bonds is 3. The van der Waals surface area contributed by atoms with Crippen molar-refractivity contribution >= 4 is 0 Å². The lowest BCUT2D eigenvalue weighted by molar-refractivity contribution is 0.645. The summed E-state index contributed by atoms with van der Waals surface area (Å²) in [6.07, 6.45) is 5.57. The molecule has 5 heteroatoms. The van der Waals surface area contributed by atoms with Gasteiger partial charge in [-0.25, -0.2) is 0 Å². The molecule has 0 aliphatic carbocycles. The van der Waals surface area contributed by atoms with Crippen LogP contribution in [0.15, 0.2) is 24.7 Å². The van der Waals surface area contributed by atoms with Crippen molar-refractivity contribution in [3.05, 3.63) is 35.9 Å². The molecule has 0 amide bonds. The second-order valence-corrected chi connectivity index (χ2v) is 3.21. The standard InChI is InChI=1S/C9H13N5/c1-13-6-8(5-12-13)7-14-9(4-10)2-3-11-14/h2-3,5-6H,4,7,10H2,1H3. The highest BCUT2D eigenvalue weighted by atomic mass is 15.3. The molecule has 0 saturated heterocycles. The second kappa shape index (κ2) is 3.63. The zero-order valence-electron chi connectivity index (χ0n) is 8.09. The van der Waals surface area contributed by atoms with Crippen LogP contribution in [0.3, 0.4) is 0 Å². The highest BCUT2D eigenvalue weighted by molar-refractivity contribution is 5.07. The Labute approximate surface area is 82.1 Å². The molecule has 14 heavy (non-hydrogen) atoms. The van der Waals surface area contributed by atoms with Crippen LogP contribution < -0.4 is 5.73 Å². The molecule has 2 rings (SSSR count). The van der Waals surface area contributed by atoms with Crippen LogP contribution >= 0.6 is 0 Å². The van der Waals surface area contributed by atoms with E-state index in [0.29, 0.717) is 6.54 Å². The second-order valence-electron chi connectivity index (χ2n) is 3.21. The van der Waals surface area contributed by atoms with Gasteiger partial charge >= 0.3 is 0 Å². The first-order valence-electron chi connectivity index (χ1n) is 4.48. The molecule has 0 fully saturated rings. The van der Waals surface area contributed by atoms with Gasteiger partial charge in [0.05, 0.1) is 18.4 Å². The van der Waals surface area contributed by atoms with Gasteiger partial charge in [-0.2, -0.15) is 10.2 Å². The SMILES string of the molecule is Cn1cc(Cn2nccc2CN)cn1. The average molecular weight is 191 g/mol. The fourth-order valence-electron chi connectivity index (χ4n) is 1.40. The van der Waals surface area contributed by atoms with E-state index in [4.69, 9.17) is 5.73 Å². The predicted molar refractivity (Wildman–Crippen MR) is 52.4 cm³/mol. The molecular formula is C9H13N5. The Morgan fingerprint density at radius 2 is 2.29 bits per heavy atom. The number of aryl methyl sites for hydroxylation is 1. The van der Waals surface area contributed by atoms with Gasteiger partial charge in [0.25, 0.3) is 0 Å². The van der Waals surface area contributed by atoms with Gasteiger partial charge in [-0.3, -0.25) is 9.36 Å². The van der Waals surface area contributed by atoms with Crippen LogP contribution in [0, 0.1) is 0 Å². The maximum atomic E-state index is 5.57. The smallest absolute Gasteiger partial charge is 0.0693 e. The summed E-state index contributed by atoms with van der Waals surface area (Å²) in [5, 5.41) is 8.29. The molecule has 0 aliphatic heterocycles. The minimum absolute atomic E-state index is 0.514. The lowest BCUT2D eigenvalue weighted by atomic mass is 10.3. The Morgan fingerprint density at radius 1 is 1.43 bits per heavy atom. The molecule has 2 aromatic heterocycles. The maximum Gasteiger partial charge on any atom is 0.0693 e. The molecular weight excluding hydrogens is 178 g/mol. The van der Waals surface area contributed by atoms with E-state index in [1.807, 2.05) is 30.2 Å². The summed E-state index contributed by atoms with van der Waals surface area (Å²) in [6, 6.07) is 1.93. The lowest BCUT2D eigenvalue weighted by Gasteiger charge is -2.02. The molecule has 0 atom stereocenters. The minimum Gasteiger partial charge on any atom is -0.325 e. The summed E-state index contributed by atoms with van der Waals surface area (Å²) in [6.45, 7) is 1.24. The van der Waals surface area contributed by atoms with Crippen LogP contribution in [-0.4, -0.2) is 19.6 Å². The number of nitrogens with zero attached hydrogens (tertiary/aromatic N) is 4. The highest BCUT2D eigenvalue weighted by Gasteiger charge is 2.02. The van der Waals surface area contributed by atoms with E-state index in [1.165, 1.54) is 0 Å². The van der Waals surface area contributed by atoms with Crippen molar-refractivity contribution in [2.75, 3.05) is 0 Å². The molecule has 0 aliphatic rings. The summed E-state index contributed by atoms with van der Waals surface area (Å²) in [4.78, 5) is 0. The summed E-state index contributed by atoms with van der Waals surface area (Å²) >= 11 is 0. The van der Waals surface area contributed by atoms with E-state index < -0.39 is 0 Å². The van der Waals surface area contributed by atoms with Crippen molar-refractivity contribution in [2.24, 2.45) is 12.8 Å². The molecule has 2 N–H and O–H groups in total. The number of aromatic nitrogens is 4. The lowest BCUT2D eigenvalue weighted by Crippen LogP contribution is -2.09. The van der Waals surface area contributed by atoms with Crippen LogP contribution in [-0.2, 0) is 20.1 Å². The first-order chi connectivity index (χ1) is 6.79. The van der Waals surface area contributed by atoms with Crippen LogP contribution in [0.25, 0.3) is 0 Å². The quantitative estimate of drug-likeness (QED) is 0.749. The fraction of sp³-hybridized carbons (Fsp3) is 0.333.